The molecule has 6 heteroatoms. The molecule has 1 aliphatic carbocycles. The smallest absolute Gasteiger partial charge is 1.00 e. The van der Waals surface area contributed by atoms with Crippen molar-refractivity contribution in [2.45, 2.75) is 37.1 Å². The minimum atomic E-state index is -1.54. The molecule has 0 aliphatic heterocycles. The molecule has 0 bridgehead atoms. The third-order valence-electron chi connectivity index (χ3n) is 3.52. The van der Waals surface area contributed by atoms with Gasteiger partial charge in [-0.05, 0) is 0 Å². The van der Waals surface area contributed by atoms with E-state index in [1.807, 2.05) is 0 Å². The maximum absolute atomic E-state index is 12.0. The molecule has 0 saturated heterocycles. The first-order valence-electron chi connectivity index (χ1n) is 7.07. The zero-order chi connectivity index (χ0) is 13.8. The summed E-state index contributed by atoms with van der Waals surface area (Å²) in [4.78, 5) is 12.0. The maximum Gasteiger partial charge on any atom is -1.00 e. The summed E-state index contributed by atoms with van der Waals surface area (Å²) in [6.07, 6.45) is 6.18. The Morgan fingerprint density at radius 3 is 2.57 bits per heavy atom. The van der Waals surface area contributed by atoms with E-state index in [2.05, 4.69) is 60.2 Å². The van der Waals surface area contributed by atoms with Crippen LogP contribution in [0.25, 0.3) is 6.08 Å². The average molecular weight is 379 g/mol. The number of rotatable bonds is 5. The van der Waals surface area contributed by atoms with E-state index in [9.17, 15) is 4.79 Å². The maximum atomic E-state index is 12.0. The number of fused-ring (bicyclic) bond motifs is 1. The van der Waals surface area contributed by atoms with Gasteiger partial charge in [0.2, 0.25) is 0 Å². The minimum Gasteiger partial charge on any atom is -1.00 e. The van der Waals surface area contributed by atoms with Gasteiger partial charge in [-0.1, -0.05) is 0 Å². The largest absolute Gasteiger partial charge is 1.00 e. The van der Waals surface area contributed by atoms with Gasteiger partial charge in [0.05, 0.1) is 0 Å². The number of carbonyl (C=O) groups is 1. The zero-order valence-electron chi connectivity index (χ0n) is 12.7. The molecule has 0 radical (unpaired) electrons. The molecular formula is C15H22Cl2NOSiTi. The van der Waals surface area contributed by atoms with E-state index in [0.29, 0.717) is 10.6 Å². The van der Waals surface area contributed by atoms with Gasteiger partial charge in [-0.3, -0.25) is 0 Å². The molecule has 1 aliphatic rings. The fourth-order valence-electron chi connectivity index (χ4n) is 2.55. The van der Waals surface area contributed by atoms with E-state index in [1.54, 1.807) is 0 Å². The van der Waals surface area contributed by atoms with Crippen LogP contribution in [-0.2, 0) is 22.2 Å². The first kappa shape index (κ1) is 20.9. The minimum absolute atomic E-state index is 0. The van der Waals surface area contributed by atoms with Crippen LogP contribution in [0.4, 0.5) is 0 Å². The monoisotopic (exact) mass is 378 g/mol. The van der Waals surface area contributed by atoms with E-state index in [0.717, 1.165) is 6.42 Å². The van der Waals surface area contributed by atoms with Crippen molar-refractivity contribution in [2.24, 2.45) is 0 Å². The summed E-state index contributed by atoms with van der Waals surface area (Å²) in [5.41, 5.74) is 2.78. The molecule has 1 amide bonds. The fraction of sp³-hybridized carbons (Fsp3) is 0.400. The second kappa shape index (κ2) is 9.86. The van der Waals surface area contributed by atoms with E-state index in [4.69, 9.17) is 0 Å². The van der Waals surface area contributed by atoms with Crippen LogP contribution >= 0.6 is 0 Å². The molecule has 0 aromatic heterocycles. The molecule has 0 saturated carbocycles. The molecule has 2 nitrogen and oxygen atoms in total. The van der Waals surface area contributed by atoms with Gasteiger partial charge in [0.15, 0.2) is 0 Å². The number of halogens is 2. The molecular weight excluding hydrogens is 357 g/mol. The van der Waals surface area contributed by atoms with Crippen molar-refractivity contribution < 1.29 is 47.0 Å². The van der Waals surface area contributed by atoms with Crippen LogP contribution in [0.1, 0.15) is 35.1 Å². The van der Waals surface area contributed by atoms with Gasteiger partial charge in [0, 0.05) is 0 Å². The number of hydrogen-bond donors (Lipinski definition) is 1. The Morgan fingerprint density at radius 1 is 1.29 bits per heavy atom. The van der Waals surface area contributed by atoms with Gasteiger partial charge in [0.1, 0.15) is 0 Å². The van der Waals surface area contributed by atoms with Crippen LogP contribution in [-0.4, -0.2) is 12.6 Å². The molecule has 1 aromatic rings. The predicted octanol–water partition coefficient (Wildman–Crippen LogP) is -2.80. The molecule has 21 heavy (non-hydrogen) atoms. The summed E-state index contributed by atoms with van der Waals surface area (Å²) in [6, 6.07) is 8.62. The predicted molar refractivity (Wildman–Crippen MR) is 80.1 cm³/mol. The summed E-state index contributed by atoms with van der Waals surface area (Å²) < 4.78 is 3.97. The van der Waals surface area contributed by atoms with Gasteiger partial charge in [-0.25, -0.2) is 0 Å². The van der Waals surface area contributed by atoms with Crippen molar-refractivity contribution in [3.05, 3.63) is 41.5 Å². The van der Waals surface area contributed by atoms with E-state index < -0.39 is 24.0 Å². The van der Waals surface area contributed by atoms with Gasteiger partial charge in [-0.15, -0.1) is 0 Å². The van der Waals surface area contributed by atoms with Crippen LogP contribution < -0.4 is 28.6 Å². The quantitative estimate of drug-likeness (QED) is 0.551. The molecule has 1 unspecified atom stereocenters. The molecule has 1 atom stereocenters. The molecule has 1 N–H and O–H groups in total. The zero-order valence-corrected chi connectivity index (χ0v) is 16.9. The van der Waals surface area contributed by atoms with Crippen molar-refractivity contribution in [1.82, 2.24) is 3.80 Å². The van der Waals surface area contributed by atoms with E-state index in [-0.39, 0.29) is 30.7 Å². The first-order valence-corrected chi connectivity index (χ1v) is 14.3. The third kappa shape index (κ3) is 5.26. The van der Waals surface area contributed by atoms with E-state index >= 15 is 0 Å². The molecule has 2 rings (SSSR count). The Morgan fingerprint density at radius 2 is 1.95 bits per heavy atom. The summed E-state index contributed by atoms with van der Waals surface area (Å²) in [5.74, 6) is 0.275. The number of benzene rings is 1. The van der Waals surface area contributed by atoms with Crippen LogP contribution in [0.5, 0.6) is 0 Å². The number of hydrogen-bond acceptors (Lipinski definition) is 1. The van der Waals surface area contributed by atoms with Crippen molar-refractivity contribution in [2.75, 3.05) is 0 Å². The molecule has 115 valence electrons. The number of carbonyl (C=O) groups excluding carboxylic acids is 1. The van der Waals surface area contributed by atoms with Crippen LogP contribution in [0.3, 0.4) is 0 Å². The summed E-state index contributed by atoms with van der Waals surface area (Å²) in [6.45, 7) is 6.04. The standard InChI is InChI=1S/C9H7.C4H9NO.C2H7Si.2ClH.Ti/c1-2-5-9-7-3-6-8(9)4-1;1-2-3-4(5)6;1-3-2;;;/h1-7H;2-3H2,1H3,(H2,5,6);3H,1-2H3;2*1H;/q;;;;;+3/p-3. The second-order valence-electron chi connectivity index (χ2n) is 5.37. The number of nitrogens with one attached hydrogen (secondary N) is 1. The third-order valence-corrected chi connectivity index (χ3v) is 15.4. The van der Waals surface area contributed by atoms with Crippen LogP contribution in [0.15, 0.2) is 30.3 Å². The Kier molecular flexibility index (Phi) is 9.83. The second-order valence-corrected chi connectivity index (χ2v) is 18.4. The number of amides is 1. The molecule has 0 spiro atoms. The van der Waals surface area contributed by atoms with Crippen LogP contribution in [0, 0.1) is 0 Å². The summed E-state index contributed by atoms with van der Waals surface area (Å²) in [7, 11) is 0. The summed E-state index contributed by atoms with van der Waals surface area (Å²) in [5, 5.41) is 0. The molecule has 0 heterocycles. The Labute approximate surface area is 147 Å². The molecule has 0 fully saturated rings. The van der Waals surface area contributed by atoms with Gasteiger partial charge in [0.25, 0.3) is 0 Å². The first-order chi connectivity index (χ1) is 9.13. The average Bonchev–Trinajstić information content (AvgIpc) is 2.79. The Balaban J connectivity index is 0.00000200. The Hall–Kier alpha value is -0.0588. The van der Waals surface area contributed by atoms with Gasteiger partial charge >= 0.3 is 123 Å². The number of allylic oxidation sites excluding steroid dienone is 1. The Bertz CT molecular complexity index is 496. The topological polar surface area (TPSA) is 29.1 Å². The molecule has 1 aromatic carbocycles. The van der Waals surface area contributed by atoms with Gasteiger partial charge < -0.3 is 24.8 Å². The normalized spacial score (nSPS) is 15.0. The van der Waals surface area contributed by atoms with Crippen molar-refractivity contribution in [3.63, 3.8) is 0 Å². The van der Waals surface area contributed by atoms with Crippen molar-refractivity contribution in [1.29, 1.82) is 0 Å². The van der Waals surface area contributed by atoms with Crippen LogP contribution in [0.2, 0.25) is 13.1 Å². The summed E-state index contributed by atoms with van der Waals surface area (Å²) >= 11 is -1.54. The van der Waals surface area contributed by atoms with Gasteiger partial charge in [-0.2, -0.15) is 0 Å². The fourth-order valence-corrected chi connectivity index (χ4v) is 12.5. The van der Waals surface area contributed by atoms with E-state index in [1.165, 1.54) is 11.1 Å². The SMILES string of the molecule is CCCC(=O)[NH][Ti+2]([CH]1C=Cc2ccccc21)[SiH](C)C.[Cl-].[Cl-]. The van der Waals surface area contributed by atoms with Crippen molar-refractivity contribution >= 4 is 18.6 Å². The van der Waals surface area contributed by atoms with Crippen molar-refractivity contribution in [3.8, 4) is 0 Å².